The highest BCUT2D eigenvalue weighted by atomic mass is 16.3. The summed E-state index contributed by atoms with van der Waals surface area (Å²) >= 11 is 0. The van der Waals surface area contributed by atoms with Crippen LogP contribution in [0.3, 0.4) is 0 Å². The van der Waals surface area contributed by atoms with Crippen molar-refractivity contribution in [2.75, 3.05) is 0 Å². The first kappa shape index (κ1) is 16.2. The number of fused-ring (bicyclic) bond motifs is 5. The van der Waals surface area contributed by atoms with Crippen LogP contribution in [0.1, 0.15) is 52.4 Å². The van der Waals surface area contributed by atoms with Crippen LogP contribution < -0.4 is 0 Å². The molecule has 0 aromatic rings. The van der Waals surface area contributed by atoms with E-state index in [1.54, 1.807) is 0 Å². The molecule has 0 bridgehead atoms. The smallest absolute Gasteiger partial charge is 0.156 e. The number of ketones is 1. The van der Waals surface area contributed by atoms with Crippen molar-refractivity contribution in [3.63, 3.8) is 0 Å². The molecule has 4 aliphatic rings. The van der Waals surface area contributed by atoms with Crippen LogP contribution in [-0.4, -0.2) is 16.5 Å². The average Bonchev–Trinajstić information content (AvgIpc) is 2.84. The summed E-state index contributed by atoms with van der Waals surface area (Å²) in [7, 11) is 0. The fraction of sp³-hybridized carbons (Fsp3) is 0.682. The molecule has 7 atom stereocenters. The van der Waals surface area contributed by atoms with Crippen molar-refractivity contribution in [3.05, 3.63) is 23.8 Å². The average molecular weight is 324 g/mol. The fourth-order valence-electron chi connectivity index (χ4n) is 6.74. The van der Waals surface area contributed by atoms with Crippen molar-refractivity contribution in [1.82, 2.24) is 0 Å². The Morgan fingerprint density at radius 2 is 2.08 bits per heavy atom. The minimum Gasteiger partial charge on any atom is -0.377 e. The number of hydrogen-bond donors (Lipinski definition) is 1. The predicted molar refractivity (Wildman–Crippen MR) is 94.9 cm³/mol. The van der Waals surface area contributed by atoms with Crippen molar-refractivity contribution in [1.29, 1.82) is 0 Å². The van der Waals surface area contributed by atoms with Crippen molar-refractivity contribution >= 4 is 5.78 Å². The molecule has 1 N–H and O–H groups in total. The third kappa shape index (κ3) is 1.85. The highest BCUT2D eigenvalue weighted by Crippen LogP contribution is 2.66. The minimum absolute atomic E-state index is 0.177. The van der Waals surface area contributed by atoms with Crippen molar-refractivity contribution in [3.8, 4) is 12.3 Å². The maximum atomic E-state index is 11.9. The molecule has 0 aliphatic heterocycles. The summed E-state index contributed by atoms with van der Waals surface area (Å²) in [5.41, 5.74) is 1.26. The van der Waals surface area contributed by atoms with Gasteiger partial charge in [0.1, 0.15) is 5.60 Å². The third-order valence-corrected chi connectivity index (χ3v) is 8.21. The Hall–Kier alpha value is -1.33. The molecule has 0 heterocycles. The Labute approximate surface area is 145 Å². The van der Waals surface area contributed by atoms with E-state index in [0.29, 0.717) is 36.0 Å². The molecule has 128 valence electrons. The van der Waals surface area contributed by atoms with Crippen LogP contribution in [-0.2, 0) is 4.79 Å². The Bertz CT molecular complexity index is 681. The fourth-order valence-corrected chi connectivity index (χ4v) is 6.74. The van der Waals surface area contributed by atoms with Gasteiger partial charge in [0.2, 0.25) is 0 Å². The van der Waals surface area contributed by atoms with Gasteiger partial charge in [0, 0.05) is 11.8 Å². The first-order valence-electron chi connectivity index (χ1n) is 9.46. The van der Waals surface area contributed by atoms with Gasteiger partial charge in [-0.1, -0.05) is 26.3 Å². The van der Waals surface area contributed by atoms with Gasteiger partial charge in [-0.15, -0.1) is 6.42 Å². The Balaban J connectivity index is 1.75. The van der Waals surface area contributed by atoms with E-state index in [-0.39, 0.29) is 11.2 Å². The van der Waals surface area contributed by atoms with Gasteiger partial charge in [0.25, 0.3) is 0 Å². The number of hydrogen-bond acceptors (Lipinski definition) is 2. The largest absolute Gasteiger partial charge is 0.377 e. The number of terminal acetylenes is 1. The molecule has 3 saturated carbocycles. The van der Waals surface area contributed by atoms with Crippen molar-refractivity contribution in [2.45, 2.75) is 58.0 Å². The van der Waals surface area contributed by atoms with E-state index in [4.69, 9.17) is 6.42 Å². The van der Waals surface area contributed by atoms with Gasteiger partial charge in [-0.25, -0.2) is 0 Å². The van der Waals surface area contributed by atoms with E-state index in [0.717, 1.165) is 37.7 Å². The molecule has 0 radical (unpaired) electrons. The zero-order chi connectivity index (χ0) is 17.3. The van der Waals surface area contributed by atoms with Crippen molar-refractivity contribution in [2.24, 2.45) is 35.0 Å². The standard InChI is InChI=1S/C22H28O2/c1-5-22(24)11-9-19-20-14(3)13(2)18-12-15(23)6-7-16(18)17(20)8-10-21(19,22)4/h1,12,14,16-17,19-20,24H,2,6-11H2,3-4H3/t14?,16?,17?,19?,20?,21-,22-/m0/s1. The Morgan fingerprint density at radius 3 is 2.79 bits per heavy atom. The summed E-state index contributed by atoms with van der Waals surface area (Å²) in [6.07, 6.45) is 13.1. The predicted octanol–water partition coefficient (Wildman–Crippen LogP) is 3.90. The highest BCUT2D eigenvalue weighted by Gasteiger charge is 2.63. The molecule has 0 saturated heterocycles. The van der Waals surface area contributed by atoms with Crippen LogP contribution in [0.15, 0.2) is 23.8 Å². The first-order valence-corrected chi connectivity index (χ1v) is 9.46. The van der Waals surface area contributed by atoms with Gasteiger partial charge in [-0.2, -0.15) is 0 Å². The normalized spacial score (nSPS) is 50.4. The van der Waals surface area contributed by atoms with E-state index in [2.05, 4.69) is 26.3 Å². The maximum Gasteiger partial charge on any atom is 0.156 e. The molecule has 2 heteroatoms. The molecule has 2 nitrogen and oxygen atoms in total. The molecule has 0 amide bonds. The molecular formula is C22H28O2. The quantitative estimate of drug-likeness (QED) is 0.686. The lowest BCUT2D eigenvalue weighted by atomic mass is 9.47. The summed E-state index contributed by atoms with van der Waals surface area (Å²) in [6.45, 7) is 8.86. The maximum absolute atomic E-state index is 11.9. The topological polar surface area (TPSA) is 37.3 Å². The van der Waals surface area contributed by atoms with Crippen LogP contribution in [0.5, 0.6) is 0 Å². The van der Waals surface area contributed by atoms with E-state index < -0.39 is 5.60 Å². The summed E-state index contributed by atoms with van der Waals surface area (Å²) in [6, 6.07) is 0. The van der Waals surface area contributed by atoms with Gasteiger partial charge in [-0.05, 0) is 78.9 Å². The van der Waals surface area contributed by atoms with Gasteiger partial charge < -0.3 is 5.11 Å². The van der Waals surface area contributed by atoms with Gasteiger partial charge in [0.15, 0.2) is 5.78 Å². The lowest BCUT2D eigenvalue weighted by Gasteiger charge is -2.57. The lowest BCUT2D eigenvalue weighted by molar-refractivity contribution is -0.116. The number of allylic oxidation sites excluding steroid dienone is 2. The molecule has 4 aliphatic carbocycles. The molecule has 0 aromatic carbocycles. The van der Waals surface area contributed by atoms with Crippen LogP contribution in [0.2, 0.25) is 0 Å². The second-order valence-electron chi connectivity index (χ2n) is 8.87. The number of aliphatic hydroxyl groups is 1. The SMILES string of the molecule is C#C[C@]1(O)CCC2C3C(C)C(=C)C4=CC(=O)CCC4C3CC[C@@]21C. The molecule has 24 heavy (non-hydrogen) atoms. The van der Waals surface area contributed by atoms with Crippen LogP contribution in [0, 0.1) is 47.3 Å². The molecule has 3 fully saturated rings. The second kappa shape index (κ2) is 5.09. The Morgan fingerprint density at radius 1 is 1.33 bits per heavy atom. The highest BCUT2D eigenvalue weighted by molar-refractivity contribution is 5.92. The zero-order valence-corrected chi connectivity index (χ0v) is 14.8. The summed E-state index contributed by atoms with van der Waals surface area (Å²) in [4.78, 5) is 11.9. The molecule has 0 aromatic heterocycles. The van der Waals surface area contributed by atoms with Gasteiger partial charge >= 0.3 is 0 Å². The van der Waals surface area contributed by atoms with Gasteiger partial charge in [-0.3, -0.25) is 4.79 Å². The van der Waals surface area contributed by atoms with E-state index in [1.807, 2.05) is 6.08 Å². The van der Waals surface area contributed by atoms with E-state index in [9.17, 15) is 9.90 Å². The second-order valence-corrected chi connectivity index (χ2v) is 8.87. The zero-order valence-electron chi connectivity index (χ0n) is 14.8. The summed E-state index contributed by atoms with van der Waals surface area (Å²) in [5.74, 6) is 5.47. The first-order chi connectivity index (χ1) is 11.3. The van der Waals surface area contributed by atoms with Crippen LogP contribution in [0.4, 0.5) is 0 Å². The van der Waals surface area contributed by atoms with Crippen LogP contribution in [0.25, 0.3) is 0 Å². The van der Waals surface area contributed by atoms with E-state index in [1.165, 1.54) is 5.57 Å². The van der Waals surface area contributed by atoms with E-state index >= 15 is 0 Å². The minimum atomic E-state index is -0.956. The number of rotatable bonds is 0. The van der Waals surface area contributed by atoms with Crippen molar-refractivity contribution < 1.29 is 9.90 Å². The third-order valence-electron chi connectivity index (χ3n) is 8.21. The van der Waals surface area contributed by atoms with Crippen LogP contribution >= 0.6 is 0 Å². The number of carbonyl (C=O) groups excluding carboxylic acids is 1. The van der Waals surface area contributed by atoms with Gasteiger partial charge in [0.05, 0.1) is 0 Å². The molecular weight excluding hydrogens is 296 g/mol. The molecule has 5 unspecified atom stereocenters. The molecule has 0 spiro atoms. The molecule has 4 rings (SSSR count). The Kier molecular flexibility index (Phi) is 3.42. The summed E-state index contributed by atoms with van der Waals surface area (Å²) in [5, 5.41) is 11.0. The number of carbonyl (C=O) groups is 1. The summed E-state index contributed by atoms with van der Waals surface area (Å²) < 4.78 is 0. The lowest BCUT2D eigenvalue weighted by Crippen LogP contribution is -2.54. The monoisotopic (exact) mass is 324 g/mol.